The number of thiophene rings is 1. The Balaban J connectivity index is 2.32. The van der Waals surface area contributed by atoms with Crippen LogP contribution in [-0.4, -0.2) is 8.42 Å². The Morgan fingerprint density at radius 2 is 2.05 bits per heavy atom. The number of hydrogen-bond donors (Lipinski definition) is 2. The monoisotopic (exact) mass is 392 g/mol. The maximum Gasteiger partial charge on any atom is 0.243 e. The molecule has 1 aromatic heterocycles. The number of nitrogen functional groups attached to an aromatic ring is 1. The largest absolute Gasteiger partial charge is 0.398 e. The molecule has 0 saturated heterocycles. The molecule has 0 aliphatic heterocycles. The molecule has 3 N–H and O–H groups in total. The summed E-state index contributed by atoms with van der Waals surface area (Å²) in [4.78, 5) is 1.85. The zero-order chi connectivity index (χ0) is 15.8. The summed E-state index contributed by atoms with van der Waals surface area (Å²) in [5, 5.41) is 0. The normalized spacial score (nSPS) is 13.3. The predicted octanol–water partition coefficient (Wildman–Crippen LogP) is 3.58. The second kappa shape index (κ2) is 6.04. The maximum atomic E-state index is 13.3. The molecule has 1 atom stereocenters. The summed E-state index contributed by atoms with van der Waals surface area (Å²) in [6.07, 6.45) is 0. The molecule has 2 rings (SSSR count). The van der Waals surface area contributed by atoms with Gasteiger partial charge in [-0.1, -0.05) is 0 Å². The Labute approximate surface area is 135 Å². The summed E-state index contributed by atoms with van der Waals surface area (Å²) in [7, 11) is -3.83. The number of nitrogens with two attached hydrogens (primary N) is 1. The minimum atomic E-state index is -3.83. The zero-order valence-electron chi connectivity index (χ0n) is 11.4. The molecule has 21 heavy (non-hydrogen) atoms. The third-order valence-electron chi connectivity index (χ3n) is 2.86. The van der Waals surface area contributed by atoms with Crippen LogP contribution in [0.3, 0.4) is 0 Å². The van der Waals surface area contributed by atoms with Gasteiger partial charge in [-0.05, 0) is 54.0 Å². The fraction of sp³-hybridized carbons (Fsp3) is 0.231. The first-order chi connectivity index (χ1) is 9.70. The summed E-state index contributed by atoms with van der Waals surface area (Å²) < 4.78 is 40.7. The first-order valence-electron chi connectivity index (χ1n) is 6.04. The molecular weight excluding hydrogens is 379 g/mol. The topological polar surface area (TPSA) is 72.2 Å². The first kappa shape index (κ1) is 16.4. The van der Waals surface area contributed by atoms with Gasteiger partial charge in [0.1, 0.15) is 10.7 Å². The summed E-state index contributed by atoms with van der Waals surface area (Å²) in [6.45, 7) is 3.70. The van der Waals surface area contributed by atoms with Gasteiger partial charge in [-0.25, -0.2) is 17.5 Å². The van der Waals surface area contributed by atoms with E-state index in [2.05, 4.69) is 20.7 Å². The molecule has 0 aliphatic carbocycles. The zero-order valence-corrected chi connectivity index (χ0v) is 14.6. The molecule has 1 aromatic carbocycles. The lowest BCUT2D eigenvalue weighted by Gasteiger charge is -2.14. The van der Waals surface area contributed by atoms with E-state index in [4.69, 9.17) is 5.73 Å². The van der Waals surface area contributed by atoms with Crippen LogP contribution in [0.5, 0.6) is 0 Å². The highest BCUT2D eigenvalue weighted by molar-refractivity contribution is 9.10. The molecule has 0 aliphatic rings. The molecule has 4 nitrogen and oxygen atoms in total. The second-order valence-electron chi connectivity index (χ2n) is 4.60. The molecule has 1 heterocycles. The number of aryl methyl sites for hydroxylation is 1. The van der Waals surface area contributed by atoms with Crippen LogP contribution in [-0.2, 0) is 10.0 Å². The van der Waals surface area contributed by atoms with Gasteiger partial charge in [-0.2, -0.15) is 0 Å². The highest BCUT2D eigenvalue weighted by Crippen LogP contribution is 2.28. The van der Waals surface area contributed by atoms with Gasteiger partial charge in [-0.15, -0.1) is 11.3 Å². The summed E-state index contributed by atoms with van der Waals surface area (Å²) in [6, 6.07) is 5.56. The van der Waals surface area contributed by atoms with Crippen molar-refractivity contribution in [3.05, 3.63) is 44.3 Å². The van der Waals surface area contributed by atoms with Gasteiger partial charge in [0, 0.05) is 9.75 Å². The van der Waals surface area contributed by atoms with Gasteiger partial charge < -0.3 is 5.73 Å². The Bertz CT molecular complexity index is 774. The number of anilines is 1. The lowest BCUT2D eigenvalue weighted by molar-refractivity contribution is 0.568. The van der Waals surface area contributed by atoms with E-state index in [1.807, 2.05) is 19.1 Å². The molecule has 2 aromatic rings. The van der Waals surface area contributed by atoms with Crippen LogP contribution in [0.25, 0.3) is 0 Å². The van der Waals surface area contributed by atoms with Crippen LogP contribution in [0.4, 0.5) is 10.1 Å². The second-order valence-corrected chi connectivity index (χ2v) is 8.45. The number of rotatable bonds is 4. The van der Waals surface area contributed by atoms with Crippen LogP contribution in [0.1, 0.15) is 22.7 Å². The molecule has 0 bridgehead atoms. The third kappa shape index (κ3) is 3.63. The average molecular weight is 393 g/mol. The maximum absolute atomic E-state index is 13.3. The molecule has 0 radical (unpaired) electrons. The van der Waals surface area contributed by atoms with E-state index in [0.717, 1.165) is 15.8 Å². The van der Waals surface area contributed by atoms with Crippen molar-refractivity contribution < 1.29 is 12.8 Å². The Morgan fingerprint density at radius 3 is 2.62 bits per heavy atom. The van der Waals surface area contributed by atoms with Gasteiger partial charge >= 0.3 is 0 Å². The fourth-order valence-corrected chi connectivity index (χ4v) is 4.63. The van der Waals surface area contributed by atoms with Gasteiger partial charge in [0.2, 0.25) is 10.0 Å². The summed E-state index contributed by atoms with van der Waals surface area (Å²) in [5.41, 5.74) is 5.49. The SMILES string of the molecule is Cc1ccc(C(C)NS(=O)(=O)c2cc(Br)c(F)cc2N)s1. The molecule has 0 saturated carbocycles. The van der Waals surface area contributed by atoms with E-state index in [-0.39, 0.29) is 15.1 Å². The summed E-state index contributed by atoms with van der Waals surface area (Å²) >= 11 is 4.48. The highest BCUT2D eigenvalue weighted by Gasteiger charge is 2.23. The van der Waals surface area contributed by atoms with Crippen molar-refractivity contribution in [3.8, 4) is 0 Å². The minimum absolute atomic E-state index is 0.0525. The van der Waals surface area contributed by atoms with Crippen LogP contribution >= 0.6 is 27.3 Å². The fourth-order valence-electron chi connectivity index (χ4n) is 1.82. The quantitative estimate of drug-likeness (QED) is 0.780. The number of nitrogens with one attached hydrogen (secondary N) is 1. The van der Waals surface area contributed by atoms with Crippen molar-refractivity contribution >= 4 is 43.0 Å². The van der Waals surface area contributed by atoms with Gasteiger partial charge in [0.05, 0.1) is 16.2 Å². The summed E-state index contributed by atoms with van der Waals surface area (Å²) in [5.74, 6) is -0.603. The van der Waals surface area contributed by atoms with Crippen LogP contribution in [0.15, 0.2) is 33.6 Å². The number of hydrogen-bond acceptors (Lipinski definition) is 4. The Kier molecular flexibility index (Phi) is 4.72. The smallest absolute Gasteiger partial charge is 0.243 e. The minimum Gasteiger partial charge on any atom is -0.398 e. The van der Waals surface area contributed by atoms with E-state index in [9.17, 15) is 12.8 Å². The first-order valence-corrected chi connectivity index (χ1v) is 9.13. The molecule has 0 spiro atoms. The van der Waals surface area contributed by atoms with Crippen LogP contribution < -0.4 is 10.5 Å². The van der Waals surface area contributed by atoms with Crippen LogP contribution in [0, 0.1) is 12.7 Å². The van der Waals surface area contributed by atoms with Crippen molar-refractivity contribution in [2.45, 2.75) is 24.8 Å². The van der Waals surface area contributed by atoms with Crippen molar-refractivity contribution in [2.24, 2.45) is 0 Å². The number of sulfonamides is 1. The van der Waals surface area contributed by atoms with E-state index in [1.54, 1.807) is 6.92 Å². The number of halogens is 2. The van der Waals surface area contributed by atoms with Gasteiger partial charge in [-0.3, -0.25) is 0 Å². The Hall–Kier alpha value is -0.960. The average Bonchev–Trinajstić information content (AvgIpc) is 2.80. The van der Waals surface area contributed by atoms with E-state index in [1.165, 1.54) is 17.4 Å². The van der Waals surface area contributed by atoms with E-state index < -0.39 is 21.9 Å². The van der Waals surface area contributed by atoms with Crippen molar-refractivity contribution in [3.63, 3.8) is 0 Å². The predicted molar refractivity (Wildman–Crippen MR) is 86.3 cm³/mol. The lowest BCUT2D eigenvalue weighted by atomic mass is 10.3. The highest BCUT2D eigenvalue weighted by atomic mass is 79.9. The van der Waals surface area contributed by atoms with Gasteiger partial charge in [0.15, 0.2) is 0 Å². The standard InChI is InChI=1S/C13H14BrFN2O2S2/c1-7-3-4-12(20-7)8(2)17-21(18,19)13-5-9(14)10(15)6-11(13)16/h3-6,8,17H,16H2,1-2H3. The van der Waals surface area contributed by atoms with E-state index in [0.29, 0.717) is 0 Å². The van der Waals surface area contributed by atoms with Crippen molar-refractivity contribution in [1.82, 2.24) is 4.72 Å². The Morgan fingerprint density at radius 1 is 1.38 bits per heavy atom. The van der Waals surface area contributed by atoms with Gasteiger partial charge in [0.25, 0.3) is 0 Å². The van der Waals surface area contributed by atoms with Crippen molar-refractivity contribution in [2.75, 3.05) is 5.73 Å². The number of benzene rings is 1. The molecule has 0 amide bonds. The van der Waals surface area contributed by atoms with E-state index >= 15 is 0 Å². The van der Waals surface area contributed by atoms with Crippen LogP contribution in [0.2, 0.25) is 0 Å². The lowest BCUT2D eigenvalue weighted by Crippen LogP contribution is -2.27. The molecule has 114 valence electrons. The molecule has 0 fully saturated rings. The third-order valence-corrected chi connectivity index (χ3v) is 6.25. The molecular formula is C13H14BrFN2O2S2. The van der Waals surface area contributed by atoms with Crippen molar-refractivity contribution in [1.29, 1.82) is 0 Å². The molecule has 1 unspecified atom stereocenters. The molecule has 8 heteroatoms.